The molecule has 2 aromatic rings. The van der Waals surface area contributed by atoms with Crippen molar-refractivity contribution in [3.05, 3.63) is 65.5 Å². The van der Waals surface area contributed by atoms with Crippen LogP contribution in [0.5, 0.6) is 0 Å². The molecule has 3 heteroatoms. The lowest BCUT2D eigenvalue weighted by molar-refractivity contribution is 0.627. The van der Waals surface area contributed by atoms with E-state index in [-0.39, 0.29) is 5.82 Å². The summed E-state index contributed by atoms with van der Waals surface area (Å²) in [7, 11) is 2.02. The van der Waals surface area contributed by atoms with Crippen LogP contribution in [0.3, 0.4) is 0 Å². The van der Waals surface area contributed by atoms with Gasteiger partial charge in [-0.2, -0.15) is 0 Å². The van der Waals surface area contributed by atoms with Crippen molar-refractivity contribution < 1.29 is 4.39 Å². The van der Waals surface area contributed by atoms with Crippen LogP contribution in [0.1, 0.15) is 24.5 Å². The molecule has 0 radical (unpaired) electrons. The van der Waals surface area contributed by atoms with Crippen LogP contribution >= 0.6 is 0 Å². The van der Waals surface area contributed by atoms with E-state index in [2.05, 4.69) is 41.4 Å². The van der Waals surface area contributed by atoms with Gasteiger partial charge in [-0.1, -0.05) is 31.2 Å². The van der Waals surface area contributed by atoms with Crippen molar-refractivity contribution in [1.82, 2.24) is 5.32 Å². The molecule has 0 heterocycles. The Kier molecular flexibility index (Phi) is 5.76. The van der Waals surface area contributed by atoms with E-state index in [0.29, 0.717) is 0 Å². The molecule has 0 spiro atoms. The summed E-state index contributed by atoms with van der Waals surface area (Å²) in [6.07, 6.45) is 1.15. The molecule has 0 aromatic heterocycles. The summed E-state index contributed by atoms with van der Waals surface area (Å²) >= 11 is 0. The highest BCUT2D eigenvalue weighted by molar-refractivity contribution is 5.46. The van der Waals surface area contributed by atoms with Crippen LogP contribution < -0.4 is 10.2 Å². The fraction of sp³-hybridized carbons (Fsp3) is 0.333. The molecule has 2 nitrogen and oxygen atoms in total. The van der Waals surface area contributed by atoms with Crippen molar-refractivity contribution in [2.45, 2.75) is 26.4 Å². The number of halogens is 1. The highest BCUT2D eigenvalue weighted by Crippen LogP contribution is 2.16. The van der Waals surface area contributed by atoms with Gasteiger partial charge in [0.1, 0.15) is 5.82 Å². The van der Waals surface area contributed by atoms with Crippen LogP contribution in [0.25, 0.3) is 0 Å². The number of rotatable bonds is 7. The molecule has 21 heavy (non-hydrogen) atoms. The average molecular weight is 286 g/mol. The highest BCUT2D eigenvalue weighted by atomic mass is 19.1. The molecule has 0 bridgehead atoms. The van der Waals surface area contributed by atoms with E-state index < -0.39 is 0 Å². The van der Waals surface area contributed by atoms with Gasteiger partial charge in [0.15, 0.2) is 0 Å². The Morgan fingerprint density at radius 3 is 2.48 bits per heavy atom. The summed E-state index contributed by atoms with van der Waals surface area (Å²) in [6.45, 7) is 4.93. The minimum absolute atomic E-state index is 0.198. The molecule has 0 aliphatic carbocycles. The Labute approximate surface area is 126 Å². The van der Waals surface area contributed by atoms with Crippen molar-refractivity contribution in [3.63, 3.8) is 0 Å². The summed E-state index contributed by atoms with van der Waals surface area (Å²) in [6, 6.07) is 15.2. The third kappa shape index (κ3) is 4.87. The van der Waals surface area contributed by atoms with Gasteiger partial charge in [-0.15, -0.1) is 0 Å². The smallest absolute Gasteiger partial charge is 0.123 e. The lowest BCUT2D eigenvalue weighted by Gasteiger charge is -2.19. The third-order valence-electron chi connectivity index (χ3n) is 3.43. The maximum Gasteiger partial charge on any atom is 0.123 e. The van der Waals surface area contributed by atoms with Gasteiger partial charge in [0.25, 0.3) is 0 Å². The largest absolute Gasteiger partial charge is 0.370 e. The third-order valence-corrected chi connectivity index (χ3v) is 3.43. The van der Waals surface area contributed by atoms with Crippen molar-refractivity contribution in [3.8, 4) is 0 Å². The molecule has 0 unspecified atom stereocenters. The van der Waals surface area contributed by atoms with Gasteiger partial charge in [0, 0.05) is 25.8 Å². The Morgan fingerprint density at radius 1 is 1.05 bits per heavy atom. The van der Waals surface area contributed by atoms with E-state index >= 15 is 0 Å². The van der Waals surface area contributed by atoms with Crippen LogP contribution in [0.4, 0.5) is 10.1 Å². The Balaban J connectivity index is 1.98. The average Bonchev–Trinajstić information content (AvgIpc) is 2.48. The number of hydrogen-bond donors (Lipinski definition) is 1. The van der Waals surface area contributed by atoms with Crippen LogP contribution in [-0.4, -0.2) is 13.6 Å². The lowest BCUT2D eigenvalue weighted by Crippen LogP contribution is -2.17. The summed E-state index contributed by atoms with van der Waals surface area (Å²) in [4.78, 5) is 2.12. The molecular weight excluding hydrogens is 263 g/mol. The summed E-state index contributed by atoms with van der Waals surface area (Å²) in [5.74, 6) is -0.198. The SMILES string of the molecule is CCCNCc1cccc(CN(C)c2ccc(F)cc2)c1. The molecule has 0 fully saturated rings. The second kappa shape index (κ2) is 7.79. The quantitative estimate of drug-likeness (QED) is 0.775. The standard InChI is InChI=1S/C18H23FN2/c1-3-11-20-13-15-5-4-6-16(12-15)14-21(2)18-9-7-17(19)8-10-18/h4-10,12,20H,3,11,13-14H2,1-2H3. The van der Waals surface area contributed by atoms with Gasteiger partial charge in [-0.25, -0.2) is 4.39 Å². The topological polar surface area (TPSA) is 15.3 Å². The number of anilines is 1. The van der Waals surface area contributed by atoms with Gasteiger partial charge < -0.3 is 10.2 Å². The second-order valence-electron chi connectivity index (χ2n) is 5.33. The van der Waals surface area contributed by atoms with Crippen LogP contribution in [0.15, 0.2) is 48.5 Å². The normalized spacial score (nSPS) is 10.6. The minimum atomic E-state index is -0.198. The van der Waals surface area contributed by atoms with Crippen molar-refractivity contribution >= 4 is 5.69 Å². The zero-order chi connectivity index (χ0) is 15.1. The first-order valence-corrected chi connectivity index (χ1v) is 7.44. The van der Waals surface area contributed by atoms with Crippen molar-refractivity contribution in [2.24, 2.45) is 0 Å². The fourth-order valence-electron chi connectivity index (χ4n) is 2.31. The van der Waals surface area contributed by atoms with E-state index in [1.165, 1.54) is 23.3 Å². The second-order valence-corrected chi connectivity index (χ2v) is 5.33. The summed E-state index contributed by atoms with van der Waals surface area (Å²) in [5, 5.41) is 3.41. The first-order chi connectivity index (χ1) is 10.2. The molecule has 2 rings (SSSR count). The molecule has 0 saturated carbocycles. The molecule has 0 amide bonds. The van der Waals surface area contributed by atoms with E-state index in [0.717, 1.165) is 31.7 Å². The number of nitrogens with zero attached hydrogens (tertiary/aromatic N) is 1. The maximum absolute atomic E-state index is 13.0. The van der Waals surface area contributed by atoms with Gasteiger partial charge >= 0.3 is 0 Å². The van der Waals surface area contributed by atoms with Crippen molar-refractivity contribution in [1.29, 1.82) is 0 Å². The van der Waals surface area contributed by atoms with E-state index in [1.54, 1.807) is 0 Å². The molecule has 112 valence electrons. The fourth-order valence-corrected chi connectivity index (χ4v) is 2.31. The summed E-state index contributed by atoms with van der Waals surface area (Å²) in [5.41, 5.74) is 3.58. The van der Waals surface area contributed by atoms with Gasteiger partial charge in [-0.05, 0) is 48.4 Å². The Hall–Kier alpha value is -1.87. The maximum atomic E-state index is 13.0. The van der Waals surface area contributed by atoms with E-state index in [9.17, 15) is 4.39 Å². The number of benzene rings is 2. The van der Waals surface area contributed by atoms with E-state index in [1.807, 2.05) is 19.2 Å². The predicted octanol–water partition coefficient (Wildman–Crippen LogP) is 3.96. The molecule has 0 atom stereocenters. The molecule has 0 saturated heterocycles. The number of hydrogen-bond acceptors (Lipinski definition) is 2. The van der Waals surface area contributed by atoms with Gasteiger partial charge in [-0.3, -0.25) is 0 Å². The van der Waals surface area contributed by atoms with Crippen LogP contribution in [-0.2, 0) is 13.1 Å². The van der Waals surface area contributed by atoms with Crippen LogP contribution in [0.2, 0.25) is 0 Å². The molecule has 2 aromatic carbocycles. The first kappa shape index (κ1) is 15.5. The first-order valence-electron chi connectivity index (χ1n) is 7.44. The Bertz CT molecular complexity index is 551. The van der Waals surface area contributed by atoms with Gasteiger partial charge in [0.2, 0.25) is 0 Å². The Morgan fingerprint density at radius 2 is 1.76 bits per heavy atom. The molecule has 0 aliphatic rings. The monoisotopic (exact) mass is 286 g/mol. The molecule has 0 aliphatic heterocycles. The minimum Gasteiger partial charge on any atom is -0.370 e. The van der Waals surface area contributed by atoms with Gasteiger partial charge in [0.05, 0.1) is 0 Å². The van der Waals surface area contributed by atoms with Crippen LogP contribution in [0, 0.1) is 5.82 Å². The highest BCUT2D eigenvalue weighted by Gasteiger charge is 2.03. The zero-order valence-electron chi connectivity index (χ0n) is 12.8. The zero-order valence-corrected chi connectivity index (χ0v) is 12.8. The van der Waals surface area contributed by atoms with Crippen molar-refractivity contribution in [2.75, 3.05) is 18.5 Å². The van der Waals surface area contributed by atoms with E-state index in [4.69, 9.17) is 0 Å². The molecular formula is C18H23FN2. The molecule has 1 N–H and O–H groups in total. The predicted molar refractivity (Wildman–Crippen MR) is 86.9 cm³/mol. The number of nitrogens with one attached hydrogen (secondary N) is 1. The summed E-state index contributed by atoms with van der Waals surface area (Å²) < 4.78 is 13.0. The lowest BCUT2D eigenvalue weighted by atomic mass is 10.1.